The van der Waals surface area contributed by atoms with Gasteiger partial charge in [0, 0.05) is 25.4 Å². The topological polar surface area (TPSA) is 90.6 Å². The fraction of sp³-hybridized carbons (Fsp3) is 0.353. The molecule has 0 fully saturated rings. The van der Waals surface area contributed by atoms with Crippen LogP contribution in [0.25, 0.3) is 16.5 Å². The number of halogens is 1. The van der Waals surface area contributed by atoms with Crippen molar-refractivity contribution < 1.29 is 18.7 Å². The number of ether oxygens (including phenoxy) is 2. The molecular weight excluding hydrogens is 327 g/mol. The molecule has 2 aromatic rings. The van der Waals surface area contributed by atoms with E-state index in [2.05, 4.69) is 9.97 Å². The van der Waals surface area contributed by atoms with Crippen LogP contribution in [0.1, 0.15) is 19.2 Å². The molecule has 1 aromatic heterocycles. The molecule has 1 aromatic carbocycles. The number of hydrogen-bond acceptors (Lipinski definition) is 6. The Labute approximate surface area is 144 Å². The average molecular weight is 346 g/mol. The lowest BCUT2D eigenvalue weighted by Crippen LogP contribution is -2.32. The van der Waals surface area contributed by atoms with E-state index in [0.717, 1.165) is 5.57 Å². The second kappa shape index (κ2) is 6.54. The summed E-state index contributed by atoms with van der Waals surface area (Å²) in [4.78, 5) is 21.8. The number of fused-ring (bicyclic) bond motifs is 1. The number of carbonyl (C=O) groups excluding carboxylic acids is 1. The quantitative estimate of drug-likeness (QED) is 0.914. The van der Waals surface area contributed by atoms with Gasteiger partial charge in [0.15, 0.2) is 23.1 Å². The van der Waals surface area contributed by atoms with Gasteiger partial charge in [0.2, 0.25) is 5.91 Å². The summed E-state index contributed by atoms with van der Waals surface area (Å²) >= 11 is 0. The summed E-state index contributed by atoms with van der Waals surface area (Å²) in [5.41, 5.74) is 6.93. The fourth-order valence-corrected chi connectivity index (χ4v) is 2.85. The fourth-order valence-electron chi connectivity index (χ4n) is 2.85. The number of aromatic nitrogens is 2. The summed E-state index contributed by atoms with van der Waals surface area (Å²) in [5, 5.41) is 0.362. The van der Waals surface area contributed by atoms with Gasteiger partial charge in [-0.05, 0) is 18.1 Å². The monoisotopic (exact) mass is 346 g/mol. The van der Waals surface area contributed by atoms with Crippen LogP contribution in [0, 0.1) is 5.82 Å². The van der Waals surface area contributed by atoms with Gasteiger partial charge in [0.1, 0.15) is 11.3 Å². The van der Waals surface area contributed by atoms with Gasteiger partial charge in [-0.15, -0.1) is 0 Å². The Morgan fingerprint density at radius 3 is 2.64 bits per heavy atom. The highest BCUT2D eigenvalue weighted by Gasteiger charge is 2.22. The Hall–Kier alpha value is -2.90. The summed E-state index contributed by atoms with van der Waals surface area (Å²) in [6.45, 7) is 2.57. The van der Waals surface area contributed by atoms with Crippen molar-refractivity contribution in [1.82, 2.24) is 14.9 Å². The molecule has 1 aliphatic rings. The maximum Gasteiger partial charge on any atom is 0.219 e. The first kappa shape index (κ1) is 16.9. The summed E-state index contributed by atoms with van der Waals surface area (Å²) < 4.78 is 25.0. The smallest absolute Gasteiger partial charge is 0.219 e. The van der Waals surface area contributed by atoms with Gasteiger partial charge < -0.3 is 20.1 Å². The lowest BCUT2D eigenvalue weighted by Gasteiger charge is -2.24. The minimum atomic E-state index is -0.644. The molecule has 1 aliphatic heterocycles. The normalized spacial score (nSPS) is 14.4. The Morgan fingerprint density at radius 1 is 1.32 bits per heavy atom. The zero-order valence-electron chi connectivity index (χ0n) is 14.3. The van der Waals surface area contributed by atoms with Crippen molar-refractivity contribution in [2.45, 2.75) is 13.3 Å². The summed E-state index contributed by atoms with van der Waals surface area (Å²) in [5.74, 6) is 0.0872. The molecule has 0 aliphatic carbocycles. The standard InChI is InChI=1S/C17H19FN4O3/c1-9(23)22-6-4-10(5-7-22)17-20-14-11(16(19)21-17)8-12(24-2)15(25-3)13(14)18/h4,8H,5-7H2,1-3H3,(H2,19,20,21). The highest BCUT2D eigenvalue weighted by Crippen LogP contribution is 2.37. The first-order valence-electron chi connectivity index (χ1n) is 7.78. The van der Waals surface area contributed by atoms with Crippen LogP contribution in [0.2, 0.25) is 0 Å². The van der Waals surface area contributed by atoms with Crippen LogP contribution in [0.4, 0.5) is 10.2 Å². The van der Waals surface area contributed by atoms with Gasteiger partial charge in [0.25, 0.3) is 0 Å². The van der Waals surface area contributed by atoms with Crippen molar-refractivity contribution in [3.05, 3.63) is 23.8 Å². The molecule has 25 heavy (non-hydrogen) atoms. The van der Waals surface area contributed by atoms with Crippen LogP contribution in [0.3, 0.4) is 0 Å². The first-order valence-corrected chi connectivity index (χ1v) is 7.78. The summed E-state index contributed by atoms with van der Waals surface area (Å²) in [6, 6.07) is 1.56. The minimum absolute atomic E-state index is 0.0112. The lowest BCUT2D eigenvalue weighted by molar-refractivity contribution is -0.128. The molecule has 0 spiro atoms. The van der Waals surface area contributed by atoms with E-state index in [1.807, 2.05) is 6.08 Å². The first-order chi connectivity index (χ1) is 12.0. The van der Waals surface area contributed by atoms with E-state index < -0.39 is 5.82 Å². The molecule has 3 rings (SSSR count). The third-order valence-electron chi connectivity index (χ3n) is 4.25. The van der Waals surface area contributed by atoms with E-state index in [1.54, 1.807) is 11.0 Å². The van der Waals surface area contributed by atoms with Crippen LogP contribution in [-0.2, 0) is 4.79 Å². The highest BCUT2D eigenvalue weighted by molar-refractivity contribution is 5.92. The van der Waals surface area contributed by atoms with Gasteiger partial charge >= 0.3 is 0 Å². The van der Waals surface area contributed by atoms with E-state index in [-0.39, 0.29) is 28.7 Å². The summed E-state index contributed by atoms with van der Waals surface area (Å²) in [6.07, 6.45) is 2.45. The second-order valence-electron chi connectivity index (χ2n) is 5.70. The second-order valence-corrected chi connectivity index (χ2v) is 5.70. The number of amides is 1. The number of nitrogens with two attached hydrogens (primary N) is 1. The van der Waals surface area contributed by atoms with E-state index in [9.17, 15) is 9.18 Å². The summed E-state index contributed by atoms with van der Waals surface area (Å²) in [7, 11) is 2.78. The molecule has 0 saturated carbocycles. The Bertz CT molecular complexity index is 882. The van der Waals surface area contributed by atoms with Crippen LogP contribution >= 0.6 is 0 Å². The van der Waals surface area contributed by atoms with Crippen molar-refractivity contribution in [3.8, 4) is 11.5 Å². The third-order valence-corrected chi connectivity index (χ3v) is 4.25. The third kappa shape index (κ3) is 2.95. The van der Waals surface area contributed by atoms with E-state index in [1.165, 1.54) is 21.1 Å². The molecule has 0 atom stereocenters. The van der Waals surface area contributed by atoms with Crippen LogP contribution < -0.4 is 15.2 Å². The predicted octanol–water partition coefficient (Wildman–Crippen LogP) is 2.00. The van der Waals surface area contributed by atoms with Crippen molar-refractivity contribution in [2.75, 3.05) is 33.0 Å². The number of nitrogen functional groups attached to an aromatic ring is 1. The number of carbonyl (C=O) groups is 1. The predicted molar refractivity (Wildman–Crippen MR) is 91.9 cm³/mol. The molecule has 132 valence electrons. The molecule has 2 N–H and O–H groups in total. The largest absolute Gasteiger partial charge is 0.493 e. The average Bonchev–Trinajstić information content (AvgIpc) is 2.62. The molecule has 2 heterocycles. The molecule has 0 saturated heterocycles. The van der Waals surface area contributed by atoms with Gasteiger partial charge in [-0.25, -0.2) is 14.4 Å². The molecule has 7 nitrogen and oxygen atoms in total. The molecule has 1 amide bonds. The number of anilines is 1. The van der Waals surface area contributed by atoms with Crippen molar-refractivity contribution in [2.24, 2.45) is 0 Å². The molecular formula is C17H19FN4O3. The maximum atomic E-state index is 14.8. The number of nitrogens with zero attached hydrogens (tertiary/aromatic N) is 3. The van der Waals surface area contributed by atoms with Crippen LogP contribution in [-0.4, -0.2) is 48.1 Å². The van der Waals surface area contributed by atoms with Crippen molar-refractivity contribution in [3.63, 3.8) is 0 Å². The highest BCUT2D eigenvalue weighted by atomic mass is 19.1. The molecule has 8 heteroatoms. The molecule has 0 radical (unpaired) electrons. The Kier molecular flexibility index (Phi) is 4.43. The zero-order chi connectivity index (χ0) is 18.1. The molecule has 0 bridgehead atoms. The Morgan fingerprint density at radius 2 is 2.08 bits per heavy atom. The van der Waals surface area contributed by atoms with Crippen molar-refractivity contribution >= 4 is 28.2 Å². The van der Waals surface area contributed by atoms with E-state index in [4.69, 9.17) is 15.2 Å². The van der Waals surface area contributed by atoms with Gasteiger partial charge in [0.05, 0.1) is 14.2 Å². The lowest BCUT2D eigenvalue weighted by atomic mass is 10.1. The van der Waals surface area contributed by atoms with Crippen LogP contribution in [0.5, 0.6) is 11.5 Å². The number of methoxy groups -OCH3 is 2. The van der Waals surface area contributed by atoms with Gasteiger partial charge in [-0.1, -0.05) is 6.08 Å². The van der Waals surface area contributed by atoms with Crippen molar-refractivity contribution in [1.29, 1.82) is 0 Å². The number of benzene rings is 1. The number of rotatable bonds is 3. The van der Waals surface area contributed by atoms with E-state index >= 15 is 0 Å². The number of hydrogen-bond donors (Lipinski definition) is 1. The van der Waals surface area contributed by atoms with Crippen LogP contribution in [0.15, 0.2) is 12.1 Å². The molecule has 0 unspecified atom stereocenters. The minimum Gasteiger partial charge on any atom is -0.493 e. The Balaban J connectivity index is 2.10. The van der Waals surface area contributed by atoms with E-state index in [0.29, 0.717) is 30.7 Å². The zero-order valence-corrected chi connectivity index (χ0v) is 14.3. The van der Waals surface area contributed by atoms with Gasteiger partial charge in [-0.2, -0.15) is 0 Å². The van der Waals surface area contributed by atoms with Gasteiger partial charge in [-0.3, -0.25) is 4.79 Å². The maximum absolute atomic E-state index is 14.8. The SMILES string of the molecule is COc1cc2c(N)nc(C3=CCN(C(C)=O)CC3)nc2c(F)c1OC.